The number of hydrogen-bond acceptors (Lipinski definition) is 8. The lowest BCUT2D eigenvalue weighted by Gasteiger charge is -2.11. The monoisotopic (exact) mass is 495 g/mol. The predicted octanol–water partition coefficient (Wildman–Crippen LogP) is 4.24. The molecule has 0 bridgehead atoms. The van der Waals surface area contributed by atoms with E-state index in [0.717, 1.165) is 11.6 Å². The SMILES string of the molecule is N#Cc1ccc(NC(=O)c2noc3ccc(S(=O)(=O)Cl)cc23)c(C(=O)OCc2ccccc2)c1. The van der Waals surface area contributed by atoms with Gasteiger partial charge in [-0.1, -0.05) is 35.5 Å². The van der Waals surface area contributed by atoms with Gasteiger partial charge < -0.3 is 14.6 Å². The largest absolute Gasteiger partial charge is 0.457 e. The molecular formula is C23H14ClN3O6S. The van der Waals surface area contributed by atoms with Gasteiger partial charge in [0.1, 0.15) is 6.61 Å². The number of carbonyl (C=O) groups excluding carboxylic acids is 2. The van der Waals surface area contributed by atoms with Gasteiger partial charge in [0.2, 0.25) is 0 Å². The molecule has 11 heteroatoms. The minimum absolute atomic E-state index is 0.00651. The number of nitriles is 1. The van der Waals surface area contributed by atoms with E-state index in [4.69, 9.17) is 19.9 Å². The number of benzene rings is 3. The first-order valence-corrected chi connectivity index (χ1v) is 12.0. The molecule has 0 aliphatic rings. The maximum atomic E-state index is 12.9. The number of carbonyl (C=O) groups is 2. The Bertz CT molecular complexity index is 1560. The molecule has 9 nitrogen and oxygen atoms in total. The van der Waals surface area contributed by atoms with Crippen LogP contribution in [0.15, 0.2) is 76.1 Å². The van der Waals surface area contributed by atoms with Crippen molar-refractivity contribution in [3.63, 3.8) is 0 Å². The summed E-state index contributed by atoms with van der Waals surface area (Å²) in [6, 6.07) is 18.7. The highest BCUT2D eigenvalue weighted by atomic mass is 35.7. The van der Waals surface area contributed by atoms with Crippen molar-refractivity contribution in [2.24, 2.45) is 0 Å². The molecule has 0 saturated carbocycles. The highest BCUT2D eigenvalue weighted by Crippen LogP contribution is 2.26. The van der Waals surface area contributed by atoms with Crippen molar-refractivity contribution in [3.05, 3.63) is 89.1 Å². The van der Waals surface area contributed by atoms with Crippen LogP contribution in [0.3, 0.4) is 0 Å². The van der Waals surface area contributed by atoms with E-state index in [9.17, 15) is 23.3 Å². The number of nitrogens with one attached hydrogen (secondary N) is 1. The second-order valence-corrected chi connectivity index (χ2v) is 9.58. The van der Waals surface area contributed by atoms with E-state index in [2.05, 4.69) is 10.5 Å². The number of halogens is 1. The molecule has 0 radical (unpaired) electrons. The first kappa shape index (κ1) is 23.0. The highest BCUT2D eigenvalue weighted by molar-refractivity contribution is 8.13. The Morgan fingerprint density at radius 3 is 2.56 bits per heavy atom. The van der Waals surface area contributed by atoms with Gasteiger partial charge in [-0.2, -0.15) is 5.26 Å². The molecule has 1 aromatic heterocycles. The Morgan fingerprint density at radius 1 is 1.09 bits per heavy atom. The van der Waals surface area contributed by atoms with Crippen LogP contribution in [0.2, 0.25) is 0 Å². The molecule has 0 fully saturated rings. The van der Waals surface area contributed by atoms with Crippen molar-refractivity contribution >= 4 is 48.3 Å². The third-order valence-corrected chi connectivity index (χ3v) is 6.12. The van der Waals surface area contributed by atoms with Crippen LogP contribution >= 0.6 is 10.7 Å². The number of aromatic nitrogens is 1. The Hall–Kier alpha value is -4.20. The molecule has 1 amide bonds. The molecule has 0 aliphatic carbocycles. The molecule has 0 saturated heterocycles. The summed E-state index contributed by atoms with van der Waals surface area (Å²) in [5.74, 6) is -1.53. The van der Waals surface area contributed by atoms with Gasteiger partial charge in [0.25, 0.3) is 15.0 Å². The van der Waals surface area contributed by atoms with Crippen molar-refractivity contribution < 1.29 is 27.3 Å². The van der Waals surface area contributed by atoms with E-state index in [-0.39, 0.29) is 45.0 Å². The number of ether oxygens (including phenoxy) is 1. The van der Waals surface area contributed by atoms with E-state index in [1.54, 1.807) is 24.3 Å². The summed E-state index contributed by atoms with van der Waals surface area (Å²) in [5, 5.41) is 15.6. The van der Waals surface area contributed by atoms with Crippen LogP contribution in [-0.2, 0) is 20.4 Å². The van der Waals surface area contributed by atoms with Gasteiger partial charge in [-0.25, -0.2) is 13.2 Å². The zero-order chi connectivity index (χ0) is 24.3. The summed E-state index contributed by atoms with van der Waals surface area (Å²) in [4.78, 5) is 25.4. The summed E-state index contributed by atoms with van der Waals surface area (Å²) in [5.41, 5.74) is 0.923. The summed E-state index contributed by atoms with van der Waals surface area (Å²) in [6.07, 6.45) is 0. The Balaban J connectivity index is 1.63. The zero-order valence-corrected chi connectivity index (χ0v) is 18.8. The van der Waals surface area contributed by atoms with Crippen molar-refractivity contribution in [3.8, 4) is 6.07 Å². The number of fused-ring (bicyclic) bond motifs is 1. The van der Waals surface area contributed by atoms with E-state index in [0.29, 0.717) is 0 Å². The number of rotatable bonds is 6. The van der Waals surface area contributed by atoms with Gasteiger partial charge in [0, 0.05) is 10.7 Å². The average molecular weight is 496 g/mol. The van der Waals surface area contributed by atoms with Gasteiger partial charge in [-0.3, -0.25) is 4.79 Å². The molecular weight excluding hydrogens is 482 g/mol. The Kier molecular flexibility index (Phi) is 6.32. The number of esters is 1. The highest BCUT2D eigenvalue weighted by Gasteiger charge is 2.22. The molecule has 3 aromatic carbocycles. The van der Waals surface area contributed by atoms with Crippen LogP contribution in [0, 0.1) is 11.3 Å². The third-order valence-electron chi connectivity index (χ3n) is 4.77. The standard InChI is InChI=1S/C23H14ClN3O6S/c24-34(30,31)16-7-9-20-18(11-16)21(27-33-20)22(28)26-19-8-6-15(12-25)10-17(19)23(29)32-13-14-4-2-1-3-5-14/h1-11H,13H2,(H,26,28). The topological polar surface area (TPSA) is 139 Å². The maximum Gasteiger partial charge on any atom is 0.340 e. The second kappa shape index (κ2) is 9.35. The van der Waals surface area contributed by atoms with Crippen LogP contribution in [0.25, 0.3) is 11.0 Å². The minimum atomic E-state index is -4.05. The fourth-order valence-corrected chi connectivity index (χ4v) is 3.88. The summed E-state index contributed by atoms with van der Waals surface area (Å²) in [6.45, 7) is -0.00651. The Labute approximate surface area is 197 Å². The molecule has 0 aliphatic heterocycles. The van der Waals surface area contributed by atoms with Crippen molar-refractivity contribution in [1.82, 2.24) is 5.16 Å². The Morgan fingerprint density at radius 2 is 1.85 bits per heavy atom. The average Bonchev–Trinajstić information content (AvgIpc) is 3.26. The fraction of sp³-hybridized carbons (Fsp3) is 0.0435. The van der Waals surface area contributed by atoms with Crippen molar-refractivity contribution in [1.29, 1.82) is 5.26 Å². The predicted molar refractivity (Wildman–Crippen MR) is 122 cm³/mol. The van der Waals surface area contributed by atoms with Crippen molar-refractivity contribution in [2.75, 3.05) is 5.32 Å². The number of anilines is 1. The zero-order valence-electron chi connectivity index (χ0n) is 17.2. The molecule has 34 heavy (non-hydrogen) atoms. The van der Waals surface area contributed by atoms with E-state index < -0.39 is 20.9 Å². The molecule has 0 atom stereocenters. The third kappa shape index (κ3) is 4.91. The van der Waals surface area contributed by atoms with Gasteiger partial charge in [0.05, 0.1) is 33.2 Å². The summed E-state index contributed by atoms with van der Waals surface area (Å²) < 4.78 is 33.7. The number of nitrogens with zero attached hydrogens (tertiary/aromatic N) is 2. The first-order valence-electron chi connectivity index (χ1n) is 9.67. The first-order chi connectivity index (χ1) is 16.3. The smallest absolute Gasteiger partial charge is 0.340 e. The van der Waals surface area contributed by atoms with E-state index >= 15 is 0 Å². The van der Waals surface area contributed by atoms with Gasteiger partial charge in [-0.05, 0) is 42.0 Å². The van der Waals surface area contributed by atoms with Crippen LogP contribution in [0.1, 0.15) is 32.0 Å². The number of hydrogen-bond donors (Lipinski definition) is 1. The molecule has 4 aromatic rings. The van der Waals surface area contributed by atoms with E-state index in [1.807, 2.05) is 12.1 Å². The van der Waals surface area contributed by atoms with Crippen LogP contribution in [-0.4, -0.2) is 25.5 Å². The second-order valence-electron chi connectivity index (χ2n) is 7.02. The quantitative estimate of drug-likeness (QED) is 0.309. The molecule has 0 unspecified atom stereocenters. The lowest BCUT2D eigenvalue weighted by atomic mass is 10.1. The number of amides is 1. The summed E-state index contributed by atoms with van der Waals surface area (Å²) >= 11 is 0. The fourth-order valence-electron chi connectivity index (χ4n) is 3.11. The van der Waals surface area contributed by atoms with E-state index in [1.165, 1.54) is 30.3 Å². The molecule has 1 heterocycles. The maximum absolute atomic E-state index is 12.9. The molecule has 170 valence electrons. The molecule has 1 N–H and O–H groups in total. The lowest BCUT2D eigenvalue weighted by Crippen LogP contribution is -2.16. The minimum Gasteiger partial charge on any atom is -0.457 e. The summed E-state index contributed by atoms with van der Waals surface area (Å²) in [7, 11) is 1.34. The molecule has 4 rings (SSSR count). The lowest BCUT2D eigenvalue weighted by molar-refractivity contribution is 0.0474. The van der Waals surface area contributed by atoms with Crippen LogP contribution in [0.5, 0.6) is 0 Å². The van der Waals surface area contributed by atoms with Gasteiger partial charge >= 0.3 is 5.97 Å². The van der Waals surface area contributed by atoms with Gasteiger partial charge in [-0.15, -0.1) is 0 Å². The normalized spacial score (nSPS) is 11.1. The van der Waals surface area contributed by atoms with Crippen LogP contribution in [0.4, 0.5) is 5.69 Å². The van der Waals surface area contributed by atoms with Crippen LogP contribution < -0.4 is 5.32 Å². The van der Waals surface area contributed by atoms with Gasteiger partial charge in [0.15, 0.2) is 11.3 Å². The molecule has 0 spiro atoms. The van der Waals surface area contributed by atoms with Crippen molar-refractivity contribution in [2.45, 2.75) is 11.5 Å².